The van der Waals surface area contributed by atoms with E-state index in [1.54, 1.807) is 0 Å². The van der Waals surface area contributed by atoms with Gasteiger partial charge in [-0.05, 0) is 45.2 Å². The number of anilines is 1. The van der Waals surface area contributed by atoms with Gasteiger partial charge in [-0.1, -0.05) is 17.7 Å². The standard InChI is InChI=1S/C16H25N3/c1-12-3-5-14(6-4-12)18-16(10-17)9-13(2)19(11-16)15-7-8-15/h3-6,13,15,18H,7-11,17H2,1-2H3. The molecule has 3 N–H and O–H groups in total. The lowest BCUT2D eigenvalue weighted by Gasteiger charge is -2.30. The zero-order valence-electron chi connectivity index (χ0n) is 12.0. The molecule has 2 fully saturated rings. The first-order valence-corrected chi connectivity index (χ1v) is 7.42. The normalized spacial score (nSPS) is 31.6. The summed E-state index contributed by atoms with van der Waals surface area (Å²) in [6.07, 6.45) is 3.89. The topological polar surface area (TPSA) is 41.3 Å². The Morgan fingerprint density at radius 3 is 2.58 bits per heavy atom. The van der Waals surface area contributed by atoms with E-state index < -0.39 is 0 Å². The van der Waals surface area contributed by atoms with Crippen LogP contribution < -0.4 is 11.1 Å². The predicted molar refractivity (Wildman–Crippen MR) is 80.4 cm³/mol. The van der Waals surface area contributed by atoms with E-state index >= 15 is 0 Å². The van der Waals surface area contributed by atoms with E-state index in [1.807, 2.05) is 0 Å². The van der Waals surface area contributed by atoms with Gasteiger partial charge in [-0.3, -0.25) is 4.90 Å². The van der Waals surface area contributed by atoms with Crippen molar-refractivity contribution in [1.29, 1.82) is 0 Å². The van der Waals surface area contributed by atoms with Gasteiger partial charge in [0.05, 0.1) is 5.54 Å². The molecular formula is C16H25N3. The largest absolute Gasteiger partial charge is 0.377 e. The van der Waals surface area contributed by atoms with E-state index in [1.165, 1.54) is 24.1 Å². The van der Waals surface area contributed by atoms with Crippen molar-refractivity contribution >= 4 is 5.69 Å². The number of aryl methyl sites for hydroxylation is 1. The first-order chi connectivity index (χ1) is 9.12. The maximum atomic E-state index is 6.10. The zero-order valence-corrected chi connectivity index (χ0v) is 12.0. The van der Waals surface area contributed by atoms with E-state index in [4.69, 9.17) is 5.73 Å². The van der Waals surface area contributed by atoms with Gasteiger partial charge in [0.2, 0.25) is 0 Å². The number of hydrogen-bond acceptors (Lipinski definition) is 3. The van der Waals surface area contributed by atoms with Gasteiger partial charge in [-0.25, -0.2) is 0 Å². The fraction of sp³-hybridized carbons (Fsp3) is 0.625. The number of nitrogens with zero attached hydrogens (tertiary/aromatic N) is 1. The molecule has 104 valence electrons. The van der Waals surface area contributed by atoms with Crippen LogP contribution in [0.25, 0.3) is 0 Å². The minimum absolute atomic E-state index is 0.0528. The smallest absolute Gasteiger partial charge is 0.0637 e. The van der Waals surface area contributed by atoms with Crippen molar-refractivity contribution < 1.29 is 0 Å². The number of likely N-dealkylation sites (tertiary alicyclic amines) is 1. The lowest BCUT2D eigenvalue weighted by atomic mass is 9.96. The molecule has 1 aliphatic heterocycles. The van der Waals surface area contributed by atoms with Gasteiger partial charge < -0.3 is 11.1 Å². The van der Waals surface area contributed by atoms with E-state index in [9.17, 15) is 0 Å². The third kappa shape index (κ3) is 2.63. The van der Waals surface area contributed by atoms with E-state index in [0.29, 0.717) is 12.6 Å². The maximum absolute atomic E-state index is 6.10. The summed E-state index contributed by atoms with van der Waals surface area (Å²) in [6.45, 7) is 6.25. The van der Waals surface area contributed by atoms with Crippen LogP contribution in [-0.2, 0) is 0 Å². The van der Waals surface area contributed by atoms with E-state index in [2.05, 4.69) is 48.3 Å². The Morgan fingerprint density at radius 2 is 2.00 bits per heavy atom. The first kappa shape index (κ1) is 12.9. The second-order valence-electron chi connectivity index (χ2n) is 6.43. The summed E-state index contributed by atoms with van der Waals surface area (Å²) in [6, 6.07) is 10.1. The molecule has 1 aliphatic carbocycles. The predicted octanol–water partition coefficient (Wildman–Crippen LogP) is 2.36. The molecule has 19 heavy (non-hydrogen) atoms. The van der Waals surface area contributed by atoms with Crippen LogP contribution >= 0.6 is 0 Å². The van der Waals surface area contributed by atoms with Crippen LogP contribution in [-0.4, -0.2) is 35.6 Å². The van der Waals surface area contributed by atoms with Crippen LogP contribution in [0.15, 0.2) is 24.3 Å². The maximum Gasteiger partial charge on any atom is 0.0637 e. The summed E-state index contributed by atoms with van der Waals surface area (Å²) in [5.41, 5.74) is 8.65. The molecule has 3 nitrogen and oxygen atoms in total. The van der Waals surface area contributed by atoms with Crippen molar-refractivity contribution in [3.8, 4) is 0 Å². The summed E-state index contributed by atoms with van der Waals surface area (Å²) < 4.78 is 0. The summed E-state index contributed by atoms with van der Waals surface area (Å²) in [7, 11) is 0. The summed E-state index contributed by atoms with van der Waals surface area (Å²) >= 11 is 0. The average Bonchev–Trinajstić information content (AvgIpc) is 3.18. The van der Waals surface area contributed by atoms with Crippen LogP contribution in [0.3, 0.4) is 0 Å². The zero-order chi connectivity index (χ0) is 13.5. The highest BCUT2D eigenvalue weighted by Gasteiger charge is 2.46. The molecule has 1 saturated heterocycles. The molecule has 2 unspecified atom stereocenters. The third-order valence-corrected chi connectivity index (χ3v) is 4.61. The van der Waals surface area contributed by atoms with Crippen LogP contribution in [0.2, 0.25) is 0 Å². The third-order valence-electron chi connectivity index (χ3n) is 4.61. The highest BCUT2D eigenvalue weighted by atomic mass is 15.3. The summed E-state index contributed by atoms with van der Waals surface area (Å²) in [5, 5.41) is 3.71. The molecule has 1 heterocycles. The summed E-state index contributed by atoms with van der Waals surface area (Å²) in [5.74, 6) is 0. The van der Waals surface area contributed by atoms with Crippen molar-refractivity contribution in [1.82, 2.24) is 4.90 Å². The minimum Gasteiger partial charge on any atom is -0.377 e. The van der Waals surface area contributed by atoms with Crippen molar-refractivity contribution in [3.63, 3.8) is 0 Å². The SMILES string of the molecule is Cc1ccc(NC2(CN)CC(C)N(C3CC3)C2)cc1. The van der Waals surface area contributed by atoms with Crippen LogP contribution in [0.1, 0.15) is 31.7 Å². The Kier molecular flexibility index (Phi) is 3.27. The summed E-state index contributed by atoms with van der Waals surface area (Å²) in [4.78, 5) is 2.65. The molecule has 3 rings (SSSR count). The van der Waals surface area contributed by atoms with E-state index in [0.717, 1.165) is 19.0 Å². The second-order valence-corrected chi connectivity index (χ2v) is 6.43. The fourth-order valence-electron chi connectivity index (χ4n) is 3.38. The van der Waals surface area contributed by atoms with Gasteiger partial charge in [0.25, 0.3) is 0 Å². The highest BCUT2D eigenvalue weighted by Crippen LogP contribution is 2.38. The van der Waals surface area contributed by atoms with Crippen molar-refractivity contribution in [2.75, 3.05) is 18.4 Å². The van der Waals surface area contributed by atoms with Gasteiger partial charge >= 0.3 is 0 Å². The van der Waals surface area contributed by atoms with Gasteiger partial charge in [-0.2, -0.15) is 0 Å². The Bertz CT molecular complexity index is 438. The van der Waals surface area contributed by atoms with Gasteiger partial charge in [0.15, 0.2) is 0 Å². The molecule has 1 saturated carbocycles. The van der Waals surface area contributed by atoms with Crippen LogP contribution in [0.5, 0.6) is 0 Å². The quantitative estimate of drug-likeness (QED) is 0.872. The van der Waals surface area contributed by atoms with Gasteiger partial charge in [0.1, 0.15) is 0 Å². The molecule has 1 aromatic carbocycles. The number of hydrogen-bond donors (Lipinski definition) is 2. The number of nitrogens with one attached hydrogen (secondary N) is 1. The van der Waals surface area contributed by atoms with Crippen molar-refractivity contribution in [2.45, 2.75) is 50.7 Å². The number of benzene rings is 1. The number of rotatable bonds is 4. The molecule has 2 aliphatic rings. The molecule has 0 spiro atoms. The minimum atomic E-state index is 0.0528. The number of nitrogens with two attached hydrogens (primary N) is 1. The van der Waals surface area contributed by atoms with Crippen LogP contribution in [0, 0.1) is 6.92 Å². The van der Waals surface area contributed by atoms with E-state index in [-0.39, 0.29) is 5.54 Å². The molecule has 0 bridgehead atoms. The van der Waals surface area contributed by atoms with Crippen molar-refractivity contribution in [2.24, 2.45) is 5.73 Å². The molecule has 2 atom stereocenters. The Labute approximate surface area is 116 Å². The lowest BCUT2D eigenvalue weighted by molar-refractivity contribution is 0.252. The van der Waals surface area contributed by atoms with Gasteiger partial charge in [-0.15, -0.1) is 0 Å². The lowest BCUT2D eigenvalue weighted by Crippen LogP contribution is -2.48. The Morgan fingerprint density at radius 1 is 1.32 bits per heavy atom. The molecule has 1 aromatic rings. The molecule has 0 radical (unpaired) electrons. The van der Waals surface area contributed by atoms with Crippen LogP contribution in [0.4, 0.5) is 5.69 Å². The monoisotopic (exact) mass is 259 g/mol. The molecule has 3 heteroatoms. The average molecular weight is 259 g/mol. The molecule has 0 aromatic heterocycles. The second kappa shape index (κ2) is 4.80. The molecular weight excluding hydrogens is 234 g/mol. The Hall–Kier alpha value is -1.06. The van der Waals surface area contributed by atoms with Gasteiger partial charge in [0, 0.05) is 30.9 Å². The Balaban J connectivity index is 1.74. The highest BCUT2D eigenvalue weighted by molar-refractivity contribution is 5.47. The molecule has 0 amide bonds. The van der Waals surface area contributed by atoms with Crippen molar-refractivity contribution in [3.05, 3.63) is 29.8 Å². The first-order valence-electron chi connectivity index (χ1n) is 7.42. The fourth-order valence-corrected chi connectivity index (χ4v) is 3.38.